The molecule has 1 amide bonds. The van der Waals surface area contributed by atoms with Gasteiger partial charge < -0.3 is 14.4 Å². The first kappa shape index (κ1) is 19.7. The van der Waals surface area contributed by atoms with Crippen molar-refractivity contribution in [2.45, 2.75) is 51.0 Å². The summed E-state index contributed by atoms with van der Waals surface area (Å²) in [5.41, 5.74) is 1.95. The number of ether oxygens (including phenoxy) is 2. The Morgan fingerprint density at radius 2 is 2.00 bits per heavy atom. The molecule has 29 heavy (non-hydrogen) atoms. The van der Waals surface area contributed by atoms with Gasteiger partial charge in [-0.1, -0.05) is 30.7 Å². The quantitative estimate of drug-likeness (QED) is 0.750. The van der Waals surface area contributed by atoms with Crippen LogP contribution in [0.25, 0.3) is 0 Å². The molecule has 2 heterocycles. The molecule has 0 N–H and O–H groups in total. The number of likely N-dealkylation sites (tertiary alicyclic amines) is 1. The lowest BCUT2D eigenvalue weighted by Gasteiger charge is -2.25. The molecule has 4 nitrogen and oxygen atoms in total. The maximum Gasteiger partial charge on any atom is 0.260 e. The standard InChI is InChI=1S/C24H28FNO3/c1-24(2)14-18-7-5-8-21(23(18)29-24)28-16-22(27)26-13-4-3-6-19(15-26)17-9-11-20(25)12-10-17/h5,7-12,19H,3-4,6,13-16H2,1-2H3. The summed E-state index contributed by atoms with van der Waals surface area (Å²) in [4.78, 5) is 14.8. The molecule has 0 saturated carbocycles. The van der Waals surface area contributed by atoms with Gasteiger partial charge in [0.25, 0.3) is 5.91 Å². The van der Waals surface area contributed by atoms with Gasteiger partial charge in [0, 0.05) is 31.0 Å². The predicted molar refractivity (Wildman–Crippen MR) is 110 cm³/mol. The van der Waals surface area contributed by atoms with Crippen LogP contribution in [0.5, 0.6) is 11.5 Å². The van der Waals surface area contributed by atoms with Gasteiger partial charge in [-0.3, -0.25) is 4.79 Å². The third-order valence-electron chi connectivity index (χ3n) is 5.77. The number of hydrogen-bond donors (Lipinski definition) is 0. The van der Waals surface area contributed by atoms with Crippen molar-refractivity contribution >= 4 is 5.91 Å². The van der Waals surface area contributed by atoms with Crippen LogP contribution >= 0.6 is 0 Å². The number of carbonyl (C=O) groups excluding carboxylic acids is 1. The van der Waals surface area contributed by atoms with E-state index >= 15 is 0 Å². The van der Waals surface area contributed by atoms with E-state index in [0.717, 1.165) is 49.1 Å². The van der Waals surface area contributed by atoms with E-state index in [1.54, 1.807) is 0 Å². The number of para-hydroxylation sites is 1. The van der Waals surface area contributed by atoms with E-state index in [9.17, 15) is 9.18 Å². The molecule has 154 valence electrons. The zero-order valence-electron chi connectivity index (χ0n) is 17.1. The number of carbonyl (C=O) groups is 1. The van der Waals surface area contributed by atoms with Crippen LogP contribution in [0.1, 0.15) is 50.2 Å². The molecule has 0 aromatic heterocycles. The van der Waals surface area contributed by atoms with E-state index in [-0.39, 0.29) is 29.9 Å². The number of rotatable bonds is 4. The summed E-state index contributed by atoms with van der Waals surface area (Å²) in [7, 11) is 0. The van der Waals surface area contributed by atoms with Crippen LogP contribution in [0.3, 0.4) is 0 Å². The Kier molecular flexibility index (Phi) is 5.48. The predicted octanol–water partition coefficient (Wildman–Crippen LogP) is 4.71. The van der Waals surface area contributed by atoms with E-state index in [1.165, 1.54) is 12.1 Å². The van der Waals surface area contributed by atoms with Crippen molar-refractivity contribution < 1.29 is 18.7 Å². The molecule has 1 fully saturated rings. The molecule has 0 aliphatic carbocycles. The second-order valence-corrected chi connectivity index (χ2v) is 8.66. The second kappa shape index (κ2) is 8.05. The molecule has 0 spiro atoms. The molecule has 1 atom stereocenters. The fraction of sp³-hybridized carbons (Fsp3) is 0.458. The highest BCUT2D eigenvalue weighted by Gasteiger charge is 2.32. The Morgan fingerprint density at radius 1 is 1.21 bits per heavy atom. The number of hydrogen-bond acceptors (Lipinski definition) is 3. The minimum absolute atomic E-state index is 0.00359. The summed E-state index contributed by atoms with van der Waals surface area (Å²) in [6.07, 6.45) is 3.87. The van der Waals surface area contributed by atoms with Crippen molar-refractivity contribution in [2.24, 2.45) is 0 Å². The number of nitrogens with zero attached hydrogens (tertiary/aromatic N) is 1. The van der Waals surface area contributed by atoms with Crippen LogP contribution in [-0.2, 0) is 11.2 Å². The number of fused-ring (bicyclic) bond motifs is 1. The third-order valence-corrected chi connectivity index (χ3v) is 5.77. The van der Waals surface area contributed by atoms with Crippen LogP contribution in [0.2, 0.25) is 0 Å². The van der Waals surface area contributed by atoms with Gasteiger partial charge in [-0.15, -0.1) is 0 Å². The van der Waals surface area contributed by atoms with Gasteiger partial charge in [0.15, 0.2) is 18.1 Å². The first-order valence-corrected chi connectivity index (χ1v) is 10.4. The summed E-state index contributed by atoms with van der Waals surface area (Å²) in [6.45, 7) is 5.47. The van der Waals surface area contributed by atoms with Crippen LogP contribution in [-0.4, -0.2) is 36.1 Å². The normalized spacial score (nSPS) is 20.5. The summed E-state index contributed by atoms with van der Waals surface area (Å²) in [5, 5.41) is 0. The molecule has 0 bridgehead atoms. The maximum absolute atomic E-state index is 13.3. The average Bonchev–Trinajstić information content (AvgIpc) is 2.86. The maximum atomic E-state index is 13.3. The van der Waals surface area contributed by atoms with Gasteiger partial charge >= 0.3 is 0 Å². The first-order valence-electron chi connectivity index (χ1n) is 10.4. The average molecular weight is 397 g/mol. The van der Waals surface area contributed by atoms with Crippen LogP contribution in [0, 0.1) is 5.82 Å². The minimum atomic E-state index is -0.251. The topological polar surface area (TPSA) is 38.8 Å². The molecule has 1 saturated heterocycles. The summed E-state index contributed by atoms with van der Waals surface area (Å²) in [6, 6.07) is 12.5. The van der Waals surface area contributed by atoms with Crippen molar-refractivity contribution in [3.63, 3.8) is 0 Å². The molecule has 1 unspecified atom stereocenters. The Bertz CT molecular complexity index is 878. The van der Waals surface area contributed by atoms with Crippen molar-refractivity contribution in [1.29, 1.82) is 0 Å². The van der Waals surface area contributed by atoms with Gasteiger partial charge in [0.2, 0.25) is 0 Å². The first-order chi connectivity index (χ1) is 13.9. The second-order valence-electron chi connectivity index (χ2n) is 8.66. The van der Waals surface area contributed by atoms with E-state index in [2.05, 4.69) is 13.8 Å². The highest BCUT2D eigenvalue weighted by Crippen LogP contribution is 2.41. The molecular weight excluding hydrogens is 369 g/mol. The van der Waals surface area contributed by atoms with Crippen LogP contribution in [0.4, 0.5) is 4.39 Å². The van der Waals surface area contributed by atoms with E-state index < -0.39 is 0 Å². The third kappa shape index (κ3) is 4.55. The summed E-state index contributed by atoms with van der Waals surface area (Å²) >= 11 is 0. The fourth-order valence-corrected chi connectivity index (χ4v) is 4.31. The van der Waals surface area contributed by atoms with E-state index in [4.69, 9.17) is 9.47 Å². The van der Waals surface area contributed by atoms with E-state index in [1.807, 2.05) is 35.2 Å². The number of benzene rings is 2. The fourth-order valence-electron chi connectivity index (χ4n) is 4.31. The van der Waals surface area contributed by atoms with Crippen molar-refractivity contribution in [2.75, 3.05) is 19.7 Å². The Morgan fingerprint density at radius 3 is 2.79 bits per heavy atom. The zero-order valence-corrected chi connectivity index (χ0v) is 17.1. The van der Waals surface area contributed by atoms with Crippen LogP contribution in [0.15, 0.2) is 42.5 Å². The molecule has 2 aromatic rings. The minimum Gasteiger partial charge on any atom is -0.483 e. The molecule has 2 aromatic carbocycles. The highest BCUT2D eigenvalue weighted by atomic mass is 19.1. The highest BCUT2D eigenvalue weighted by molar-refractivity contribution is 5.78. The largest absolute Gasteiger partial charge is 0.483 e. The van der Waals surface area contributed by atoms with Gasteiger partial charge in [-0.05, 0) is 50.5 Å². The van der Waals surface area contributed by atoms with Gasteiger partial charge in [0.1, 0.15) is 11.4 Å². The Balaban J connectivity index is 1.41. The van der Waals surface area contributed by atoms with Gasteiger partial charge in [0.05, 0.1) is 0 Å². The summed E-state index contributed by atoms with van der Waals surface area (Å²) in [5.74, 6) is 1.36. The smallest absolute Gasteiger partial charge is 0.260 e. The molecular formula is C24H28FNO3. The van der Waals surface area contributed by atoms with Crippen molar-refractivity contribution in [1.82, 2.24) is 4.90 Å². The SMILES string of the molecule is CC1(C)Cc2cccc(OCC(=O)N3CCCCC(c4ccc(F)cc4)C3)c2O1. The molecule has 4 rings (SSSR count). The summed E-state index contributed by atoms with van der Waals surface area (Å²) < 4.78 is 25.2. The number of halogens is 1. The lowest BCUT2D eigenvalue weighted by atomic mass is 9.94. The lowest BCUT2D eigenvalue weighted by Crippen LogP contribution is -2.37. The zero-order chi connectivity index (χ0) is 20.4. The molecule has 2 aliphatic heterocycles. The van der Waals surface area contributed by atoms with Crippen LogP contribution < -0.4 is 9.47 Å². The molecule has 5 heteroatoms. The molecule has 2 aliphatic rings. The molecule has 0 radical (unpaired) electrons. The lowest BCUT2D eigenvalue weighted by molar-refractivity contribution is -0.133. The number of amides is 1. The van der Waals surface area contributed by atoms with Gasteiger partial charge in [-0.25, -0.2) is 4.39 Å². The van der Waals surface area contributed by atoms with E-state index in [0.29, 0.717) is 12.3 Å². The Hall–Kier alpha value is -2.56. The van der Waals surface area contributed by atoms with Crippen molar-refractivity contribution in [3.8, 4) is 11.5 Å². The van der Waals surface area contributed by atoms with Crippen molar-refractivity contribution in [3.05, 3.63) is 59.4 Å². The van der Waals surface area contributed by atoms with Gasteiger partial charge in [-0.2, -0.15) is 0 Å². The Labute approximate surface area is 171 Å². The monoisotopic (exact) mass is 397 g/mol.